The standard InChI is InChI=1S/C23H21N3O3/c24-14-15-4-7-19(8-5-15)29-20-9-11-21-16(12-20)6-10-22(26-21)23(28)25-17-2-1-3-18(27)13-17/h4-12,17-18,27H,1-3,13H2,(H,25,28)/t17-,18-/m0/s1. The van der Waals surface area contributed by atoms with Crippen LogP contribution in [-0.2, 0) is 0 Å². The van der Waals surface area contributed by atoms with Gasteiger partial charge in [0, 0.05) is 11.4 Å². The molecule has 4 rings (SSSR count). The summed E-state index contributed by atoms with van der Waals surface area (Å²) in [4.78, 5) is 17.0. The predicted octanol–water partition coefficient (Wildman–Crippen LogP) is 3.93. The molecule has 29 heavy (non-hydrogen) atoms. The highest BCUT2D eigenvalue weighted by Gasteiger charge is 2.22. The quantitative estimate of drug-likeness (QED) is 0.707. The lowest BCUT2D eigenvalue weighted by Gasteiger charge is -2.26. The van der Waals surface area contributed by atoms with E-state index < -0.39 is 0 Å². The van der Waals surface area contributed by atoms with Crippen LogP contribution in [0.5, 0.6) is 11.5 Å². The van der Waals surface area contributed by atoms with Crippen LogP contribution in [0.4, 0.5) is 0 Å². The van der Waals surface area contributed by atoms with Gasteiger partial charge in [-0.2, -0.15) is 5.26 Å². The highest BCUT2D eigenvalue weighted by molar-refractivity contribution is 5.95. The van der Waals surface area contributed by atoms with Crippen LogP contribution < -0.4 is 10.1 Å². The number of ether oxygens (including phenoxy) is 1. The number of amides is 1. The van der Waals surface area contributed by atoms with Crippen LogP contribution in [-0.4, -0.2) is 28.1 Å². The summed E-state index contributed by atoms with van der Waals surface area (Å²) < 4.78 is 5.83. The third kappa shape index (κ3) is 4.53. The number of aliphatic hydroxyl groups excluding tert-OH is 1. The molecule has 2 N–H and O–H groups in total. The zero-order valence-corrected chi connectivity index (χ0v) is 15.8. The van der Waals surface area contributed by atoms with E-state index in [0.29, 0.717) is 34.7 Å². The number of aliphatic hydroxyl groups is 1. The van der Waals surface area contributed by atoms with Gasteiger partial charge in [-0.1, -0.05) is 6.07 Å². The number of aromatic nitrogens is 1. The summed E-state index contributed by atoms with van der Waals surface area (Å²) in [7, 11) is 0. The minimum atomic E-state index is -0.340. The number of benzene rings is 2. The molecule has 0 saturated heterocycles. The number of pyridine rings is 1. The molecule has 1 heterocycles. The Morgan fingerprint density at radius 2 is 1.90 bits per heavy atom. The Balaban J connectivity index is 1.47. The topological polar surface area (TPSA) is 95.2 Å². The Morgan fingerprint density at radius 1 is 1.10 bits per heavy atom. The highest BCUT2D eigenvalue weighted by Crippen LogP contribution is 2.26. The van der Waals surface area contributed by atoms with Gasteiger partial charge in [0.2, 0.25) is 0 Å². The molecule has 3 aromatic rings. The Labute approximate surface area is 168 Å². The second-order valence-electron chi connectivity index (χ2n) is 7.28. The number of hydrogen-bond acceptors (Lipinski definition) is 5. The number of rotatable bonds is 4. The highest BCUT2D eigenvalue weighted by atomic mass is 16.5. The lowest BCUT2D eigenvalue weighted by atomic mass is 9.93. The van der Waals surface area contributed by atoms with Gasteiger partial charge in [-0.05, 0) is 74.2 Å². The molecule has 0 radical (unpaired) electrons. The van der Waals surface area contributed by atoms with Crippen molar-refractivity contribution in [2.45, 2.75) is 37.8 Å². The average Bonchev–Trinajstić information content (AvgIpc) is 2.74. The van der Waals surface area contributed by atoms with Crippen LogP contribution in [0, 0.1) is 11.3 Å². The average molecular weight is 387 g/mol. The number of nitriles is 1. The summed E-state index contributed by atoms with van der Waals surface area (Å²) in [5.74, 6) is 1.07. The van der Waals surface area contributed by atoms with Gasteiger partial charge in [-0.15, -0.1) is 0 Å². The van der Waals surface area contributed by atoms with Crippen LogP contribution in [0.2, 0.25) is 0 Å². The van der Waals surface area contributed by atoms with E-state index in [1.807, 2.05) is 18.2 Å². The normalized spacial score (nSPS) is 18.8. The Morgan fingerprint density at radius 3 is 2.66 bits per heavy atom. The van der Waals surface area contributed by atoms with Crippen molar-refractivity contribution in [2.24, 2.45) is 0 Å². The second kappa shape index (κ2) is 8.29. The number of hydrogen-bond donors (Lipinski definition) is 2. The van der Waals surface area contributed by atoms with Gasteiger partial charge >= 0.3 is 0 Å². The minimum absolute atomic E-state index is 0.00746. The van der Waals surface area contributed by atoms with E-state index >= 15 is 0 Å². The first-order valence-electron chi connectivity index (χ1n) is 9.68. The first-order valence-corrected chi connectivity index (χ1v) is 9.68. The van der Waals surface area contributed by atoms with E-state index in [0.717, 1.165) is 24.6 Å². The molecule has 1 saturated carbocycles. The van der Waals surface area contributed by atoms with Crippen molar-refractivity contribution in [2.75, 3.05) is 0 Å². The minimum Gasteiger partial charge on any atom is -0.457 e. The maximum absolute atomic E-state index is 12.5. The van der Waals surface area contributed by atoms with Crippen molar-refractivity contribution in [1.29, 1.82) is 5.26 Å². The number of nitrogens with zero attached hydrogens (tertiary/aromatic N) is 2. The van der Waals surface area contributed by atoms with Gasteiger partial charge < -0.3 is 15.2 Å². The largest absolute Gasteiger partial charge is 0.457 e. The van der Waals surface area contributed by atoms with E-state index in [1.165, 1.54) is 0 Å². The molecule has 6 nitrogen and oxygen atoms in total. The third-order valence-corrected chi connectivity index (χ3v) is 5.09. The van der Waals surface area contributed by atoms with Gasteiger partial charge in [0.15, 0.2) is 0 Å². The molecule has 2 atom stereocenters. The fourth-order valence-corrected chi connectivity index (χ4v) is 3.58. The lowest BCUT2D eigenvalue weighted by molar-refractivity contribution is 0.0846. The van der Waals surface area contributed by atoms with Crippen LogP contribution >= 0.6 is 0 Å². The van der Waals surface area contributed by atoms with Gasteiger partial charge in [0.25, 0.3) is 5.91 Å². The van der Waals surface area contributed by atoms with Crippen LogP contribution in [0.25, 0.3) is 10.9 Å². The number of fused-ring (bicyclic) bond motifs is 1. The molecule has 1 aliphatic carbocycles. The SMILES string of the molecule is N#Cc1ccc(Oc2ccc3nc(C(=O)N[C@H]4CCC[C@H](O)C4)ccc3c2)cc1. The zero-order chi connectivity index (χ0) is 20.2. The van der Waals surface area contributed by atoms with Crippen molar-refractivity contribution >= 4 is 16.8 Å². The monoisotopic (exact) mass is 387 g/mol. The molecular weight excluding hydrogens is 366 g/mol. The molecule has 6 heteroatoms. The number of nitrogens with one attached hydrogen (secondary N) is 1. The lowest BCUT2D eigenvalue weighted by Crippen LogP contribution is -2.40. The fraction of sp³-hybridized carbons (Fsp3) is 0.261. The Bertz CT molecular complexity index is 1070. The molecule has 0 bridgehead atoms. The first kappa shape index (κ1) is 18.9. The van der Waals surface area contributed by atoms with Gasteiger partial charge in [0.05, 0.1) is 23.3 Å². The molecule has 146 valence electrons. The Kier molecular flexibility index (Phi) is 5.41. The van der Waals surface area contributed by atoms with Gasteiger partial charge in [-0.3, -0.25) is 4.79 Å². The zero-order valence-electron chi connectivity index (χ0n) is 15.8. The summed E-state index contributed by atoms with van der Waals surface area (Å²) in [6.07, 6.45) is 2.85. The summed E-state index contributed by atoms with van der Waals surface area (Å²) in [5.41, 5.74) is 1.64. The Hall–Kier alpha value is -3.43. The maximum atomic E-state index is 12.5. The summed E-state index contributed by atoms with van der Waals surface area (Å²) in [5, 5.41) is 22.5. The van der Waals surface area contributed by atoms with Crippen LogP contribution in [0.1, 0.15) is 41.7 Å². The predicted molar refractivity (Wildman–Crippen MR) is 109 cm³/mol. The van der Waals surface area contributed by atoms with Crippen LogP contribution in [0.3, 0.4) is 0 Å². The van der Waals surface area contributed by atoms with Crippen molar-refractivity contribution in [1.82, 2.24) is 10.3 Å². The molecule has 1 aromatic heterocycles. The molecular formula is C23H21N3O3. The van der Waals surface area contributed by atoms with E-state index in [2.05, 4.69) is 16.4 Å². The van der Waals surface area contributed by atoms with Crippen LogP contribution in [0.15, 0.2) is 54.6 Å². The van der Waals surface area contributed by atoms with Gasteiger partial charge in [0.1, 0.15) is 17.2 Å². The molecule has 0 aliphatic heterocycles. The number of carbonyl (C=O) groups is 1. The van der Waals surface area contributed by atoms with Crippen molar-refractivity contribution in [3.05, 3.63) is 65.9 Å². The summed E-state index contributed by atoms with van der Waals surface area (Å²) >= 11 is 0. The summed E-state index contributed by atoms with van der Waals surface area (Å²) in [6.45, 7) is 0. The fourth-order valence-electron chi connectivity index (χ4n) is 3.58. The molecule has 1 fully saturated rings. The molecule has 0 spiro atoms. The molecule has 0 unspecified atom stereocenters. The van der Waals surface area contributed by atoms with Crippen molar-refractivity contribution < 1.29 is 14.6 Å². The van der Waals surface area contributed by atoms with E-state index in [9.17, 15) is 9.90 Å². The third-order valence-electron chi connectivity index (χ3n) is 5.09. The smallest absolute Gasteiger partial charge is 0.270 e. The summed E-state index contributed by atoms with van der Waals surface area (Å²) in [6, 6.07) is 18.0. The van der Waals surface area contributed by atoms with E-state index in [-0.39, 0.29) is 18.1 Å². The first-order chi connectivity index (χ1) is 14.1. The molecule has 2 aromatic carbocycles. The van der Waals surface area contributed by atoms with E-state index in [1.54, 1.807) is 36.4 Å². The number of carbonyl (C=O) groups excluding carboxylic acids is 1. The maximum Gasteiger partial charge on any atom is 0.270 e. The van der Waals surface area contributed by atoms with Gasteiger partial charge in [-0.25, -0.2) is 4.98 Å². The molecule has 1 aliphatic rings. The van der Waals surface area contributed by atoms with Crippen molar-refractivity contribution in [3.8, 4) is 17.6 Å². The second-order valence-corrected chi connectivity index (χ2v) is 7.28. The molecule has 1 amide bonds. The van der Waals surface area contributed by atoms with Crippen molar-refractivity contribution in [3.63, 3.8) is 0 Å². The van der Waals surface area contributed by atoms with E-state index in [4.69, 9.17) is 10.00 Å².